The molecule has 0 aliphatic carbocycles. The Labute approximate surface area is 190 Å². The summed E-state index contributed by atoms with van der Waals surface area (Å²) in [4.78, 5) is 18.7. The van der Waals surface area contributed by atoms with E-state index in [-0.39, 0.29) is 23.4 Å². The Hall–Kier alpha value is -2.50. The predicted molar refractivity (Wildman–Crippen MR) is 122 cm³/mol. The first-order valence-electron chi connectivity index (χ1n) is 10.7. The summed E-state index contributed by atoms with van der Waals surface area (Å²) in [6, 6.07) is 7.80. The van der Waals surface area contributed by atoms with Gasteiger partial charge in [-0.1, -0.05) is 17.3 Å². The molecular weight excluding hydrogens is 450 g/mol. The number of aryl methyl sites for hydroxylation is 1. The third-order valence-corrected chi connectivity index (χ3v) is 9.12. The van der Waals surface area contributed by atoms with Gasteiger partial charge in [0, 0.05) is 32.1 Å². The monoisotopic (exact) mass is 475 g/mol. The van der Waals surface area contributed by atoms with E-state index in [4.69, 9.17) is 9.51 Å². The summed E-state index contributed by atoms with van der Waals surface area (Å²) >= 11 is 1.69. The van der Waals surface area contributed by atoms with Crippen molar-refractivity contribution in [2.24, 2.45) is 0 Å². The normalized spacial score (nSPS) is 18.1. The molecule has 0 unspecified atom stereocenters. The number of aromatic nitrogens is 2. The molecule has 2 aliphatic rings. The zero-order valence-corrected chi connectivity index (χ0v) is 19.4. The smallest absolute Gasteiger partial charge is 0.321 e. The molecule has 11 heteroatoms. The molecule has 2 saturated heterocycles. The molecule has 0 atom stereocenters. The van der Waals surface area contributed by atoms with Crippen LogP contribution in [-0.2, 0) is 15.8 Å². The van der Waals surface area contributed by atoms with Gasteiger partial charge in [0.2, 0.25) is 10.0 Å². The lowest BCUT2D eigenvalue weighted by Crippen LogP contribution is -2.44. The number of likely N-dealkylation sites (tertiary alicyclic amines) is 1. The average molecular weight is 476 g/mol. The summed E-state index contributed by atoms with van der Waals surface area (Å²) in [6.07, 6.45) is 2.44. The fourth-order valence-electron chi connectivity index (χ4n) is 4.09. The van der Waals surface area contributed by atoms with E-state index >= 15 is 0 Å². The Morgan fingerprint density at radius 3 is 2.66 bits per heavy atom. The Kier molecular flexibility index (Phi) is 5.64. The zero-order valence-electron chi connectivity index (χ0n) is 17.8. The van der Waals surface area contributed by atoms with Gasteiger partial charge in [0.25, 0.3) is 0 Å². The van der Waals surface area contributed by atoms with Crippen LogP contribution in [0.3, 0.4) is 0 Å². The van der Waals surface area contributed by atoms with Crippen LogP contribution in [0.4, 0.5) is 10.5 Å². The molecular formula is C21H25N5O4S2. The van der Waals surface area contributed by atoms with E-state index in [2.05, 4.69) is 16.5 Å². The number of carbonyl (C=O) groups is 1. The summed E-state index contributed by atoms with van der Waals surface area (Å²) in [5, 5.41) is 7.76. The first kappa shape index (κ1) is 21.4. The number of urea groups is 1. The highest BCUT2D eigenvalue weighted by Gasteiger charge is 2.32. The molecule has 2 aromatic heterocycles. The van der Waals surface area contributed by atoms with Crippen molar-refractivity contribution in [1.29, 1.82) is 0 Å². The molecule has 0 saturated carbocycles. The van der Waals surface area contributed by atoms with Crippen LogP contribution in [0, 0.1) is 6.92 Å². The molecule has 4 heterocycles. The molecule has 5 rings (SSSR count). The second-order valence-electron chi connectivity index (χ2n) is 8.28. The average Bonchev–Trinajstić information content (AvgIpc) is 3.31. The number of piperidine rings is 1. The van der Waals surface area contributed by atoms with Crippen molar-refractivity contribution in [2.75, 3.05) is 31.5 Å². The number of anilines is 1. The Morgan fingerprint density at radius 2 is 1.97 bits per heavy atom. The number of fused-ring (bicyclic) bond motifs is 1. The van der Waals surface area contributed by atoms with Crippen molar-refractivity contribution in [2.45, 2.75) is 37.9 Å². The predicted octanol–water partition coefficient (Wildman–Crippen LogP) is 3.54. The molecule has 9 nitrogen and oxygen atoms in total. The van der Waals surface area contributed by atoms with Gasteiger partial charge in [0.05, 0.1) is 15.2 Å². The largest absolute Gasteiger partial charge is 0.359 e. The second-order valence-corrected chi connectivity index (χ2v) is 11.3. The van der Waals surface area contributed by atoms with Gasteiger partial charge in [-0.05, 0) is 38.3 Å². The second kappa shape index (κ2) is 8.45. The fraction of sp³-hybridized carbons (Fsp3) is 0.476. The Morgan fingerprint density at radius 1 is 1.22 bits per heavy atom. The summed E-state index contributed by atoms with van der Waals surface area (Å²) < 4.78 is 34.1. The molecule has 0 bridgehead atoms. The number of thiazole rings is 1. The van der Waals surface area contributed by atoms with Gasteiger partial charge in [-0.3, -0.25) is 0 Å². The minimum atomic E-state index is -3.59. The van der Waals surface area contributed by atoms with Crippen LogP contribution < -0.4 is 5.32 Å². The quantitative estimate of drug-likeness (QED) is 0.605. The van der Waals surface area contributed by atoms with Crippen molar-refractivity contribution in [3.63, 3.8) is 0 Å². The van der Waals surface area contributed by atoms with Gasteiger partial charge in [-0.15, -0.1) is 11.3 Å². The maximum absolute atomic E-state index is 13.1. The first-order chi connectivity index (χ1) is 15.4. The minimum absolute atomic E-state index is 0.240. The van der Waals surface area contributed by atoms with Crippen molar-refractivity contribution in [1.82, 2.24) is 19.3 Å². The van der Waals surface area contributed by atoms with Gasteiger partial charge in [0.15, 0.2) is 5.76 Å². The van der Waals surface area contributed by atoms with Gasteiger partial charge in [0.1, 0.15) is 17.1 Å². The lowest BCUT2D eigenvalue weighted by Gasteiger charge is -2.31. The van der Waals surface area contributed by atoms with Crippen LogP contribution in [0.5, 0.6) is 0 Å². The molecule has 0 radical (unpaired) electrons. The van der Waals surface area contributed by atoms with E-state index in [1.54, 1.807) is 23.2 Å². The Bertz CT molecular complexity index is 1210. The van der Waals surface area contributed by atoms with Crippen LogP contribution in [0.25, 0.3) is 10.2 Å². The van der Waals surface area contributed by atoms with Crippen LogP contribution in [0.1, 0.15) is 41.6 Å². The van der Waals surface area contributed by atoms with Crippen LogP contribution in [-0.4, -0.2) is 60.0 Å². The molecule has 2 fully saturated rings. The van der Waals surface area contributed by atoms with Gasteiger partial charge >= 0.3 is 6.03 Å². The number of para-hydroxylation sites is 1. The molecule has 2 amide bonds. The lowest BCUT2D eigenvalue weighted by atomic mass is 9.99. The maximum Gasteiger partial charge on any atom is 0.321 e. The third kappa shape index (κ3) is 4.12. The standard InChI is InChI=1S/C21H25N5O4S2/c1-14-19(23-21(27)25-9-4-10-25)17(24-30-14)13-32(28,29)26-11-7-15(8-12-26)20-22-16-5-2-3-6-18(16)31-20/h2-3,5-6,15H,4,7-13H2,1H3,(H,23,27). The number of hydrogen-bond donors (Lipinski definition) is 1. The van der Waals surface area contributed by atoms with Crippen molar-refractivity contribution in [3.8, 4) is 0 Å². The first-order valence-corrected chi connectivity index (χ1v) is 13.2. The molecule has 0 spiro atoms. The molecule has 1 aromatic carbocycles. The molecule has 32 heavy (non-hydrogen) atoms. The summed E-state index contributed by atoms with van der Waals surface area (Å²) in [5.74, 6) is 0.365. The highest BCUT2D eigenvalue weighted by molar-refractivity contribution is 7.88. The number of amides is 2. The summed E-state index contributed by atoms with van der Waals surface area (Å²) in [6.45, 7) is 3.95. The molecule has 170 valence electrons. The van der Waals surface area contributed by atoms with E-state index in [0.29, 0.717) is 37.6 Å². The van der Waals surface area contributed by atoms with Crippen LogP contribution in [0.15, 0.2) is 28.8 Å². The van der Waals surface area contributed by atoms with Gasteiger partial charge in [-0.2, -0.15) is 0 Å². The number of hydrogen-bond acceptors (Lipinski definition) is 7. The van der Waals surface area contributed by atoms with Crippen molar-refractivity contribution >= 4 is 43.3 Å². The summed E-state index contributed by atoms with van der Waals surface area (Å²) in [5.41, 5.74) is 1.59. The number of nitrogens with zero attached hydrogens (tertiary/aromatic N) is 4. The molecule has 1 N–H and O–H groups in total. The Balaban J connectivity index is 1.24. The maximum atomic E-state index is 13.1. The minimum Gasteiger partial charge on any atom is -0.359 e. The fourth-order valence-corrected chi connectivity index (χ4v) is 6.72. The summed E-state index contributed by atoms with van der Waals surface area (Å²) in [7, 11) is -3.59. The van der Waals surface area contributed by atoms with Crippen molar-refractivity contribution in [3.05, 3.63) is 40.7 Å². The van der Waals surface area contributed by atoms with Gasteiger partial charge in [-0.25, -0.2) is 22.5 Å². The highest BCUT2D eigenvalue weighted by atomic mass is 32.2. The van der Waals surface area contributed by atoms with Crippen LogP contribution >= 0.6 is 11.3 Å². The molecule has 3 aromatic rings. The van der Waals surface area contributed by atoms with E-state index in [9.17, 15) is 13.2 Å². The number of nitrogens with one attached hydrogen (secondary N) is 1. The number of carbonyl (C=O) groups excluding carboxylic acids is 1. The molecule has 2 aliphatic heterocycles. The zero-order chi connectivity index (χ0) is 22.3. The van der Waals surface area contributed by atoms with E-state index in [1.807, 2.05) is 18.2 Å². The lowest BCUT2D eigenvalue weighted by molar-refractivity contribution is 0.181. The van der Waals surface area contributed by atoms with E-state index < -0.39 is 10.0 Å². The van der Waals surface area contributed by atoms with E-state index in [1.165, 1.54) is 4.31 Å². The van der Waals surface area contributed by atoms with Crippen LogP contribution in [0.2, 0.25) is 0 Å². The number of rotatable bonds is 5. The number of sulfonamides is 1. The van der Waals surface area contributed by atoms with Crippen molar-refractivity contribution < 1.29 is 17.7 Å². The third-order valence-electron chi connectivity index (χ3n) is 6.13. The SMILES string of the molecule is Cc1onc(CS(=O)(=O)N2CCC(c3nc4ccccc4s3)CC2)c1NC(=O)N1CCC1. The van der Waals surface area contributed by atoms with Gasteiger partial charge < -0.3 is 14.7 Å². The highest BCUT2D eigenvalue weighted by Crippen LogP contribution is 2.35. The van der Waals surface area contributed by atoms with E-state index in [0.717, 1.165) is 34.5 Å². The number of benzene rings is 1. The topological polar surface area (TPSA) is 109 Å².